The number of carbonyl (C=O) groups excluding carboxylic acids is 1. The van der Waals surface area contributed by atoms with E-state index in [4.69, 9.17) is 4.74 Å². The van der Waals surface area contributed by atoms with Crippen molar-refractivity contribution in [2.45, 2.75) is 83.9 Å². The third-order valence-corrected chi connectivity index (χ3v) is 8.23. The Morgan fingerprint density at radius 1 is 1.26 bits per heavy atom. The van der Waals surface area contributed by atoms with Crippen molar-refractivity contribution in [1.29, 1.82) is 0 Å². The number of aromatic nitrogens is 1. The van der Waals surface area contributed by atoms with Crippen molar-refractivity contribution in [2.24, 2.45) is 11.8 Å². The topological polar surface area (TPSA) is 77.6 Å². The van der Waals surface area contributed by atoms with Crippen molar-refractivity contribution in [1.82, 2.24) is 10.3 Å². The van der Waals surface area contributed by atoms with Crippen molar-refractivity contribution in [2.75, 3.05) is 25.7 Å². The second kappa shape index (κ2) is 10.4. The van der Waals surface area contributed by atoms with Crippen molar-refractivity contribution in [3.8, 4) is 0 Å². The van der Waals surface area contributed by atoms with E-state index in [0.717, 1.165) is 34.1 Å². The van der Waals surface area contributed by atoms with Crippen LogP contribution in [0.3, 0.4) is 0 Å². The van der Waals surface area contributed by atoms with Crippen LogP contribution in [0.2, 0.25) is 0 Å². The number of allylic oxidation sites excluding steroid dienone is 1. The highest BCUT2D eigenvalue weighted by molar-refractivity contribution is 6.00. The van der Waals surface area contributed by atoms with Gasteiger partial charge in [-0.15, -0.1) is 6.58 Å². The van der Waals surface area contributed by atoms with Gasteiger partial charge in [-0.25, -0.2) is 0 Å². The van der Waals surface area contributed by atoms with Gasteiger partial charge in [-0.2, -0.15) is 0 Å². The first-order valence-corrected chi connectivity index (χ1v) is 12.9. The van der Waals surface area contributed by atoms with E-state index in [9.17, 15) is 9.90 Å². The van der Waals surface area contributed by atoms with Gasteiger partial charge in [0.05, 0.1) is 23.8 Å². The molecule has 0 fully saturated rings. The fraction of sp³-hybridized carbons (Fsp3) is 0.621. The third kappa shape index (κ3) is 5.29. The molecule has 6 heteroatoms. The number of likely N-dealkylation sites (N-methyl/N-ethyl adjacent to an activating group) is 1. The lowest BCUT2D eigenvalue weighted by Gasteiger charge is -2.35. The number of aliphatic hydroxyl groups is 1. The minimum atomic E-state index is -0.743. The molecule has 0 radical (unpaired) electrons. The molecule has 0 aliphatic carbocycles. The molecule has 0 saturated heterocycles. The number of nitrogens with one attached hydrogen (secondary N) is 2. The summed E-state index contributed by atoms with van der Waals surface area (Å²) in [6, 6.07) is 3.91. The predicted molar refractivity (Wildman–Crippen MR) is 145 cm³/mol. The van der Waals surface area contributed by atoms with Crippen molar-refractivity contribution < 1.29 is 14.6 Å². The number of ether oxygens (including phenoxy) is 1. The Morgan fingerprint density at radius 3 is 2.51 bits per heavy atom. The summed E-state index contributed by atoms with van der Waals surface area (Å²) in [5.74, 6) is 0.333. The van der Waals surface area contributed by atoms with Gasteiger partial charge < -0.3 is 25.0 Å². The molecule has 1 aromatic carbocycles. The number of H-pyrrole nitrogens is 1. The lowest BCUT2D eigenvalue weighted by Crippen LogP contribution is -2.52. The average Bonchev–Trinajstić information content (AvgIpc) is 3.21. The molecular weight excluding hydrogens is 438 g/mol. The molecule has 0 spiro atoms. The van der Waals surface area contributed by atoms with E-state index >= 15 is 0 Å². The number of hydrogen-bond acceptors (Lipinski definition) is 4. The van der Waals surface area contributed by atoms with Crippen LogP contribution in [0.25, 0.3) is 10.9 Å². The number of amides is 1. The van der Waals surface area contributed by atoms with Crippen LogP contribution in [0.15, 0.2) is 31.0 Å². The minimum Gasteiger partial charge on any atom is -0.390 e. The highest BCUT2D eigenvalue weighted by Gasteiger charge is 2.35. The summed E-state index contributed by atoms with van der Waals surface area (Å²) in [5.41, 5.74) is 3.38. The molecule has 0 saturated carbocycles. The summed E-state index contributed by atoms with van der Waals surface area (Å²) in [6.07, 6.45) is 6.22. The van der Waals surface area contributed by atoms with E-state index in [1.807, 2.05) is 20.0 Å². The number of aromatic amines is 1. The zero-order valence-corrected chi connectivity index (χ0v) is 22.9. The first kappa shape index (κ1) is 27.3. The van der Waals surface area contributed by atoms with E-state index in [1.165, 1.54) is 0 Å². The number of rotatable bonds is 9. The Bertz CT molecular complexity index is 1050. The SMILES string of the molecule is C=C[C@@](C)(CCC(C)(O)C(C)C)c1ccc2c3c(c[nH]c13)C[C@@H](COC)NC(=O)[C@H](C(C)C)N2C. The molecule has 1 aromatic heterocycles. The third-order valence-electron chi connectivity index (χ3n) is 8.23. The Morgan fingerprint density at radius 2 is 1.94 bits per heavy atom. The maximum absolute atomic E-state index is 13.3. The van der Waals surface area contributed by atoms with Gasteiger partial charge in [0.25, 0.3) is 0 Å². The lowest BCUT2D eigenvalue weighted by molar-refractivity contribution is -0.124. The average molecular weight is 484 g/mol. The van der Waals surface area contributed by atoms with Gasteiger partial charge in [-0.3, -0.25) is 4.79 Å². The van der Waals surface area contributed by atoms with Gasteiger partial charge in [-0.05, 0) is 55.2 Å². The minimum absolute atomic E-state index is 0.0303. The number of nitrogens with zero attached hydrogens (tertiary/aromatic N) is 1. The first-order valence-electron chi connectivity index (χ1n) is 12.9. The number of anilines is 1. The predicted octanol–water partition coefficient (Wildman–Crippen LogP) is 4.95. The number of carbonyl (C=O) groups is 1. The molecule has 194 valence electrons. The first-order chi connectivity index (χ1) is 16.4. The summed E-state index contributed by atoms with van der Waals surface area (Å²) in [4.78, 5) is 19.0. The maximum atomic E-state index is 13.3. The van der Waals surface area contributed by atoms with Crippen molar-refractivity contribution in [3.05, 3.63) is 42.1 Å². The lowest BCUT2D eigenvalue weighted by atomic mass is 9.74. The summed E-state index contributed by atoms with van der Waals surface area (Å²) in [6.45, 7) is 17.1. The molecule has 2 heterocycles. The molecular formula is C29H45N3O3. The van der Waals surface area contributed by atoms with Crippen LogP contribution in [0.5, 0.6) is 0 Å². The van der Waals surface area contributed by atoms with E-state index < -0.39 is 5.60 Å². The summed E-state index contributed by atoms with van der Waals surface area (Å²) >= 11 is 0. The van der Waals surface area contributed by atoms with Crippen LogP contribution in [-0.4, -0.2) is 54.4 Å². The molecule has 1 aliphatic rings. The molecule has 4 atom stereocenters. The second-order valence-corrected chi connectivity index (χ2v) is 11.5. The van der Waals surface area contributed by atoms with Gasteiger partial charge in [0.15, 0.2) is 0 Å². The van der Waals surface area contributed by atoms with E-state index in [1.54, 1.807) is 7.11 Å². The van der Waals surface area contributed by atoms with Crippen LogP contribution in [0, 0.1) is 11.8 Å². The summed E-state index contributed by atoms with van der Waals surface area (Å²) < 4.78 is 5.45. The molecule has 6 nitrogen and oxygen atoms in total. The second-order valence-electron chi connectivity index (χ2n) is 11.5. The Hall–Kier alpha value is -2.31. The molecule has 35 heavy (non-hydrogen) atoms. The highest BCUT2D eigenvalue weighted by Crippen LogP contribution is 2.42. The zero-order valence-electron chi connectivity index (χ0n) is 22.9. The quantitative estimate of drug-likeness (QED) is 0.441. The van der Waals surface area contributed by atoms with E-state index in [2.05, 4.69) is 74.7 Å². The maximum Gasteiger partial charge on any atom is 0.243 e. The van der Waals surface area contributed by atoms with Gasteiger partial charge >= 0.3 is 0 Å². The molecule has 1 amide bonds. The Balaban J connectivity index is 2.17. The van der Waals surface area contributed by atoms with Gasteiger partial charge in [-0.1, -0.05) is 46.8 Å². The molecule has 3 rings (SSSR count). The van der Waals surface area contributed by atoms with Gasteiger partial charge in [0.2, 0.25) is 5.91 Å². The molecule has 1 aliphatic heterocycles. The standard InChI is InChI=1S/C29H45N3O3/c1-10-28(6,13-14-29(7,34)19(4)5)22-11-12-23-24-20(16-30-25(22)24)15-21(17-35-9)31-27(33)26(18(2)3)32(23)8/h10-12,16,18-19,21,26,30,34H,1,13-15,17H2,2-9H3,(H,31,33)/t21-,26-,28-,29?/m0/s1. The van der Waals surface area contributed by atoms with Crippen LogP contribution >= 0.6 is 0 Å². The number of benzene rings is 1. The fourth-order valence-corrected chi connectivity index (χ4v) is 5.36. The van der Waals surface area contributed by atoms with Crippen LogP contribution < -0.4 is 10.2 Å². The number of methoxy groups -OCH3 is 1. The van der Waals surface area contributed by atoms with Crippen LogP contribution in [0.4, 0.5) is 5.69 Å². The van der Waals surface area contributed by atoms with Crippen molar-refractivity contribution >= 4 is 22.5 Å². The monoisotopic (exact) mass is 483 g/mol. The van der Waals surface area contributed by atoms with Crippen molar-refractivity contribution in [3.63, 3.8) is 0 Å². The summed E-state index contributed by atoms with van der Waals surface area (Å²) in [5, 5.41) is 15.3. The Labute approximate surface area is 211 Å². The molecule has 2 aromatic rings. The molecule has 1 unspecified atom stereocenters. The van der Waals surface area contributed by atoms with E-state index in [-0.39, 0.29) is 35.2 Å². The normalized spacial score (nSPS) is 22.4. The summed E-state index contributed by atoms with van der Waals surface area (Å²) in [7, 11) is 3.68. The molecule has 0 bridgehead atoms. The fourth-order valence-electron chi connectivity index (χ4n) is 5.36. The van der Waals surface area contributed by atoms with E-state index in [0.29, 0.717) is 19.4 Å². The smallest absolute Gasteiger partial charge is 0.243 e. The van der Waals surface area contributed by atoms with Crippen LogP contribution in [-0.2, 0) is 21.4 Å². The molecule has 3 N–H and O–H groups in total. The van der Waals surface area contributed by atoms with Crippen LogP contribution in [0.1, 0.15) is 65.5 Å². The Kier molecular flexibility index (Phi) is 8.07. The largest absolute Gasteiger partial charge is 0.390 e. The van der Waals surface area contributed by atoms with Gasteiger partial charge in [0.1, 0.15) is 6.04 Å². The zero-order chi connectivity index (χ0) is 26.1. The number of hydrogen-bond donors (Lipinski definition) is 3. The highest BCUT2D eigenvalue weighted by atomic mass is 16.5. The van der Waals surface area contributed by atoms with Gasteiger partial charge in [0, 0.05) is 36.8 Å².